The third kappa shape index (κ3) is 2.87. The molecule has 3 N–H and O–H groups in total. The second-order valence-electron chi connectivity index (χ2n) is 3.44. The van der Waals surface area contributed by atoms with Crippen LogP contribution in [0.15, 0.2) is 16.6 Å². The first-order valence-electron chi connectivity index (χ1n) is 4.41. The Labute approximate surface area is 97.2 Å². The third-order valence-corrected chi connectivity index (χ3v) is 2.90. The van der Waals surface area contributed by atoms with Gasteiger partial charge in [0.2, 0.25) is 0 Å². The molecule has 0 fully saturated rings. The van der Waals surface area contributed by atoms with Gasteiger partial charge in [0.25, 0.3) is 0 Å². The van der Waals surface area contributed by atoms with Crippen LogP contribution >= 0.6 is 27.5 Å². The lowest BCUT2D eigenvalue weighted by atomic mass is 10.0. The largest absolute Gasteiger partial charge is 0.506 e. The third-order valence-electron chi connectivity index (χ3n) is 2.08. The highest BCUT2D eigenvalue weighted by molar-refractivity contribution is 9.10. The molecule has 0 aliphatic carbocycles. The zero-order valence-electron chi connectivity index (χ0n) is 7.93. The molecule has 1 unspecified atom stereocenters. The Kier molecular flexibility index (Phi) is 4.23. The normalized spacial score (nSPS) is 12.9. The summed E-state index contributed by atoms with van der Waals surface area (Å²) >= 11 is 9.12. The molecule has 0 amide bonds. The highest BCUT2D eigenvalue weighted by Crippen LogP contribution is 2.32. The van der Waals surface area contributed by atoms with E-state index >= 15 is 0 Å². The van der Waals surface area contributed by atoms with E-state index in [2.05, 4.69) is 15.9 Å². The zero-order chi connectivity index (χ0) is 10.7. The summed E-state index contributed by atoms with van der Waals surface area (Å²) in [5, 5.41) is 10.3. The van der Waals surface area contributed by atoms with Crippen LogP contribution < -0.4 is 5.73 Å². The van der Waals surface area contributed by atoms with Gasteiger partial charge in [0.05, 0.1) is 4.47 Å². The van der Waals surface area contributed by atoms with E-state index in [1.165, 1.54) is 0 Å². The van der Waals surface area contributed by atoms with Crippen LogP contribution in [0.25, 0.3) is 0 Å². The molecule has 1 aromatic rings. The zero-order valence-corrected chi connectivity index (χ0v) is 10.3. The molecule has 4 heteroatoms. The van der Waals surface area contributed by atoms with Crippen molar-refractivity contribution in [3.05, 3.63) is 27.2 Å². The van der Waals surface area contributed by atoms with E-state index in [0.29, 0.717) is 22.0 Å². The lowest BCUT2D eigenvalue weighted by Gasteiger charge is -2.11. The molecule has 0 aliphatic rings. The van der Waals surface area contributed by atoms with Gasteiger partial charge in [-0.25, -0.2) is 0 Å². The average Bonchev–Trinajstić information content (AvgIpc) is 2.13. The fourth-order valence-electron chi connectivity index (χ4n) is 1.23. The number of aromatic hydroxyl groups is 1. The summed E-state index contributed by atoms with van der Waals surface area (Å²) in [6.45, 7) is 2.64. The van der Waals surface area contributed by atoms with Crippen molar-refractivity contribution in [1.29, 1.82) is 0 Å². The average molecular weight is 279 g/mol. The highest BCUT2D eigenvalue weighted by atomic mass is 79.9. The van der Waals surface area contributed by atoms with Gasteiger partial charge in [-0.3, -0.25) is 0 Å². The molecule has 0 spiro atoms. The number of phenols is 1. The van der Waals surface area contributed by atoms with Gasteiger partial charge in [0.15, 0.2) is 0 Å². The first kappa shape index (κ1) is 11.8. The minimum atomic E-state index is 0.259. The maximum atomic E-state index is 9.72. The number of rotatable bonds is 3. The van der Waals surface area contributed by atoms with Crippen molar-refractivity contribution < 1.29 is 5.11 Å². The van der Waals surface area contributed by atoms with Crippen LogP contribution in [-0.2, 0) is 6.42 Å². The highest BCUT2D eigenvalue weighted by Gasteiger charge is 2.10. The van der Waals surface area contributed by atoms with Crippen LogP contribution in [-0.4, -0.2) is 11.7 Å². The van der Waals surface area contributed by atoms with Gasteiger partial charge in [-0.05, 0) is 52.5 Å². The second-order valence-corrected chi connectivity index (χ2v) is 4.73. The molecule has 0 heterocycles. The van der Waals surface area contributed by atoms with Gasteiger partial charge >= 0.3 is 0 Å². The lowest BCUT2D eigenvalue weighted by molar-refractivity contribution is 0.457. The van der Waals surface area contributed by atoms with Gasteiger partial charge in [-0.15, -0.1) is 0 Å². The molecule has 14 heavy (non-hydrogen) atoms. The summed E-state index contributed by atoms with van der Waals surface area (Å²) in [5.41, 5.74) is 6.36. The van der Waals surface area contributed by atoms with Crippen LogP contribution in [0.2, 0.25) is 5.02 Å². The molecule has 0 saturated carbocycles. The van der Waals surface area contributed by atoms with E-state index in [1.807, 2.05) is 6.92 Å². The van der Waals surface area contributed by atoms with E-state index in [4.69, 9.17) is 17.3 Å². The van der Waals surface area contributed by atoms with Crippen LogP contribution in [0.1, 0.15) is 12.5 Å². The van der Waals surface area contributed by atoms with E-state index in [0.717, 1.165) is 12.0 Å². The number of phenolic OH excluding ortho intramolecular Hbond substituents is 1. The number of nitrogens with two attached hydrogens (primary N) is 1. The monoisotopic (exact) mass is 277 g/mol. The van der Waals surface area contributed by atoms with Crippen molar-refractivity contribution >= 4 is 27.5 Å². The van der Waals surface area contributed by atoms with Crippen molar-refractivity contribution in [2.24, 2.45) is 11.7 Å². The molecule has 1 aromatic carbocycles. The van der Waals surface area contributed by atoms with Crippen molar-refractivity contribution in [2.75, 3.05) is 6.54 Å². The van der Waals surface area contributed by atoms with Gasteiger partial charge in [0.1, 0.15) is 5.75 Å². The minimum absolute atomic E-state index is 0.259. The number of halogens is 2. The molecule has 0 aromatic heterocycles. The molecule has 0 bridgehead atoms. The lowest BCUT2D eigenvalue weighted by Crippen LogP contribution is -2.13. The minimum Gasteiger partial charge on any atom is -0.506 e. The van der Waals surface area contributed by atoms with Crippen LogP contribution in [0.3, 0.4) is 0 Å². The Morgan fingerprint density at radius 2 is 2.21 bits per heavy atom. The van der Waals surface area contributed by atoms with Crippen molar-refractivity contribution in [3.8, 4) is 5.75 Å². The second kappa shape index (κ2) is 5.01. The van der Waals surface area contributed by atoms with Crippen molar-refractivity contribution in [1.82, 2.24) is 0 Å². The predicted octanol–water partition coefficient (Wildman–Crippen LogP) is 2.95. The summed E-state index contributed by atoms with van der Waals surface area (Å²) in [4.78, 5) is 0. The first-order valence-corrected chi connectivity index (χ1v) is 5.58. The molecule has 0 saturated heterocycles. The fourth-order valence-corrected chi connectivity index (χ4v) is 2.11. The standard InChI is InChI=1S/C10H13BrClNO/c1-6(5-13)2-7-3-8(12)4-9(11)10(7)14/h3-4,6,14H,2,5,13H2,1H3. The Bertz CT molecular complexity index is 330. The van der Waals surface area contributed by atoms with E-state index < -0.39 is 0 Å². The predicted molar refractivity (Wildman–Crippen MR) is 62.7 cm³/mol. The van der Waals surface area contributed by atoms with Crippen molar-refractivity contribution in [2.45, 2.75) is 13.3 Å². The Morgan fingerprint density at radius 3 is 2.79 bits per heavy atom. The van der Waals surface area contributed by atoms with E-state index in [9.17, 15) is 5.11 Å². The molecule has 78 valence electrons. The van der Waals surface area contributed by atoms with Crippen LogP contribution in [0, 0.1) is 5.92 Å². The van der Waals surface area contributed by atoms with E-state index in [1.54, 1.807) is 12.1 Å². The van der Waals surface area contributed by atoms with Gasteiger partial charge in [-0.2, -0.15) is 0 Å². The van der Waals surface area contributed by atoms with Gasteiger partial charge < -0.3 is 10.8 Å². The molecule has 1 rings (SSSR count). The molecular formula is C10H13BrClNO. The van der Waals surface area contributed by atoms with Gasteiger partial charge in [0, 0.05) is 5.02 Å². The van der Waals surface area contributed by atoms with E-state index in [-0.39, 0.29) is 5.75 Å². The van der Waals surface area contributed by atoms with Crippen LogP contribution in [0.5, 0.6) is 5.75 Å². The number of hydrogen-bond acceptors (Lipinski definition) is 2. The molecule has 1 atom stereocenters. The Morgan fingerprint density at radius 1 is 1.57 bits per heavy atom. The number of hydrogen-bond donors (Lipinski definition) is 2. The quantitative estimate of drug-likeness (QED) is 0.893. The molecule has 0 radical (unpaired) electrons. The Balaban J connectivity index is 2.96. The molecule has 0 aliphatic heterocycles. The fraction of sp³-hybridized carbons (Fsp3) is 0.400. The molecule has 2 nitrogen and oxygen atoms in total. The summed E-state index contributed by atoms with van der Waals surface area (Å²) in [6.07, 6.45) is 0.738. The molecular weight excluding hydrogens is 265 g/mol. The topological polar surface area (TPSA) is 46.2 Å². The van der Waals surface area contributed by atoms with Crippen LogP contribution in [0.4, 0.5) is 0 Å². The SMILES string of the molecule is CC(CN)Cc1cc(Cl)cc(Br)c1O. The summed E-state index contributed by atoms with van der Waals surface area (Å²) in [6, 6.07) is 3.45. The Hall–Kier alpha value is -0.250. The van der Waals surface area contributed by atoms with Gasteiger partial charge in [-0.1, -0.05) is 18.5 Å². The summed E-state index contributed by atoms with van der Waals surface area (Å²) < 4.78 is 0.629. The summed E-state index contributed by atoms with van der Waals surface area (Å²) in [5.74, 6) is 0.598. The first-order chi connectivity index (χ1) is 6.54. The summed E-state index contributed by atoms with van der Waals surface area (Å²) in [7, 11) is 0. The van der Waals surface area contributed by atoms with Crippen molar-refractivity contribution in [3.63, 3.8) is 0 Å². The number of benzene rings is 1. The maximum Gasteiger partial charge on any atom is 0.133 e. The smallest absolute Gasteiger partial charge is 0.133 e. The maximum absolute atomic E-state index is 9.72.